The van der Waals surface area contributed by atoms with Gasteiger partial charge in [0, 0.05) is 24.4 Å². The molecule has 0 spiro atoms. The Hall–Kier alpha value is -3.61. The first-order chi connectivity index (χ1) is 13.0. The maximum atomic E-state index is 12.8. The molecule has 0 radical (unpaired) electrons. The summed E-state index contributed by atoms with van der Waals surface area (Å²) in [7, 11) is 0. The summed E-state index contributed by atoms with van der Waals surface area (Å²) in [5, 5.41) is 12.5. The molecule has 3 N–H and O–H groups in total. The summed E-state index contributed by atoms with van der Waals surface area (Å²) < 4.78 is 4.99. The summed E-state index contributed by atoms with van der Waals surface area (Å²) >= 11 is 0. The summed E-state index contributed by atoms with van der Waals surface area (Å²) in [6, 6.07) is 17.5. The normalized spacial score (nSPS) is 11.5. The van der Waals surface area contributed by atoms with E-state index in [1.807, 2.05) is 30.3 Å². The monoisotopic (exact) mass is 364 g/mol. The molecule has 0 saturated carbocycles. The maximum Gasteiger partial charge on any atom is 0.252 e. The number of nitrogens with zero attached hydrogens (tertiary/aromatic N) is 1. The van der Waals surface area contributed by atoms with Crippen molar-refractivity contribution in [1.29, 1.82) is 0 Å². The van der Waals surface area contributed by atoms with E-state index in [0.717, 1.165) is 11.3 Å². The largest absolute Gasteiger partial charge is 0.370 e. The average molecular weight is 364 g/mol. The molecule has 2 amide bonds. The lowest BCUT2D eigenvalue weighted by atomic mass is 10.1. The number of aryl methyl sites for hydroxylation is 1. The van der Waals surface area contributed by atoms with Crippen LogP contribution in [0.1, 0.15) is 24.3 Å². The Morgan fingerprint density at radius 2 is 1.63 bits per heavy atom. The molecule has 1 aromatic heterocycles. The lowest BCUT2D eigenvalue weighted by molar-refractivity contribution is -0.117. The molecular formula is C20H20N4O3. The van der Waals surface area contributed by atoms with Crippen LogP contribution in [0.5, 0.6) is 0 Å². The van der Waals surface area contributed by atoms with Gasteiger partial charge in [-0.2, -0.15) is 0 Å². The van der Waals surface area contributed by atoms with Gasteiger partial charge >= 0.3 is 0 Å². The predicted molar refractivity (Wildman–Crippen MR) is 103 cm³/mol. The fraction of sp³-hybridized carbons (Fsp3) is 0.150. The van der Waals surface area contributed by atoms with Gasteiger partial charge in [-0.3, -0.25) is 9.59 Å². The lowest BCUT2D eigenvalue weighted by Crippen LogP contribution is -2.27. The second kappa shape index (κ2) is 8.18. The van der Waals surface area contributed by atoms with Crippen LogP contribution in [0.2, 0.25) is 0 Å². The molecule has 0 fully saturated rings. The predicted octanol–water partition coefficient (Wildman–Crippen LogP) is 3.73. The number of hydrogen-bond donors (Lipinski definition) is 3. The van der Waals surface area contributed by atoms with Crippen LogP contribution in [0.3, 0.4) is 0 Å². The Morgan fingerprint density at radius 1 is 0.963 bits per heavy atom. The second-order valence-corrected chi connectivity index (χ2v) is 6.06. The zero-order valence-electron chi connectivity index (χ0n) is 15.0. The minimum atomic E-state index is -0.630. The van der Waals surface area contributed by atoms with Gasteiger partial charge in [0.1, 0.15) is 11.8 Å². The van der Waals surface area contributed by atoms with Gasteiger partial charge in [-0.1, -0.05) is 35.5 Å². The Morgan fingerprint density at radius 3 is 2.22 bits per heavy atom. The number of benzene rings is 2. The molecule has 1 heterocycles. The van der Waals surface area contributed by atoms with E-state index in [9.17, 15) is 9.59 Å². The number of rotatable bonds is 6. The molecule has 0 aliphatic carbocycles. The number of aromatic nitrogens is 1. The smallest absolute Gasteiger partial charge is 0.252 e. The third kappa shape index (κ3) is 4.94. The fourth-order valence-corrected chi connectivity index (χ4v) is 2.59. The summed E-state index contributed by atoms with van der Waals surface area (Å²) in [4.78, 5) is 24.0. The van der Waals surface area contributed by atoms with Crippen molar-refractivity contribution in [1.82, 2.24) is 5.16 Å². The first-order valence-electron chi connectivity index (χ1n) is 8.44. The number of nitrogens with one attached hydrogen (secondary N) is 3. The van der Waals surface area contributed by atoms with Crippen molar-refractivity contribution in [2.75, 3.05) is 16.0 Å². The van der Waals surface area contributed by atoms with Gasteiger partial charge in [0.15, 0.2) is 5.82 Å². The van der Waals surface area contributed by atoms with Crippen molar-refractivity contribution in [3.63, 3.8) is 0 Å². The molecule has 27 heavy (non-hydrogen) atoms. The van der Waals surface area contributed by atoms with Crippen LogP contribution in [-0.2, 0) is 9.59 Å². The van der Waals surface area contributed by atoms with Crippen LogP contribution in [0.4, 0.5) is 17.2 Å². The molecule has 0 bridgehead atoms. The van der Waals surface area contributed by atoms with Crippen LogP contribution in [-0.4, -0.2) is 17.0 Å². The number of anilines is 3. The first kappa shape index (κ1) is 18.2. The van der Waals surface area contributed by atoms with Crippen molar-refractivity contribution in [3.05, 3.63) is 72.0 Å². The molecule has 1 unspecified atom stereocenters. The van der Waals surface area contributed by atoms with E-state index in [2.05, 4.69) is 21.1 Å². The Balaban J connectivity index is 1.80. The van der Waals surface area contributed by atoms with Crippen molar-refractivity contribution >= 4 is 29.0 Å². The second-order valence-electron chi connectivity index (χ2n) is 6.06. The van der Waals surface area contributed by atoms with Crippen LogP contribution in [0.25, 0.3) is 0 Å². The van der Waals surface area contributed by atoms with Gasteiger partial charge in [-0.05, 0) is 36.8 Å². The summed E-state index contributed by atoms with van der Waals surface area (Å²) in [6.45, 7) is 3.21. The lowest BCUT2D eigenvalue weighted by Gasteiger charge is -2.19. The standard InChI is InChI=1S/C20H20N4O3/c1-13-12-18(24-27-13)23-20(26)19(15-6-4-3-5-7-15)22-17-10-8-16(9-11-17)21-14(2)25/h3-12,19,22H,1-2H3,(H,21,25)(H,23,24,26). The van der Waals surface area contributed by atoms with Crippen molar-refractivity contribution in [3.8, 4) is 0 Å². The van der Waals surface area contributed by atoms with E-state index < -0.39 is 6.04 Å². The zero-order chi connectivity index (χ0) is 19.2. The molecule has 3 aromatic rings. The quantitative estimate of drug-likeness (QED) is 0.619. The van der Waals surface area contributed by atoms with E-state index in [1.54, 1.807) is 37.3 Å². The van der Waals surface area contributed by atoms with Crippen LogP contribution >= 0.6 is 0 Å². The summed E-state index contributed by atoms with van der Waals surface area (Å²) in [5.41, 5.74) is 2.23. The van der Waals surface area contributed by atoms with Crippen LogP contribution in [0, 0.1) is 6.92 Å². The third-order valence-corrected chi connectivity index (χ3v) is 3.79. The van der Waals surface area contributed by atoms with Crippen LogP contribution < -0.4 is 16.0 Å². The van der Waals surface area contributed by atoms with Gasteiger partial charge in [0.25, 0.3) is 5.91 Å². The molecule has 1 atom stereocenters. The zero-order valence-corrected chi connectivity index (χ0v) is 15.0. The van der Waals surface area contributed by atoms with Crippen molar-refractivity contribution in [2.24, 2.45) is 0 Å². The highest BCUT2D eigenvalue weighted by atomic mass is 16.5. The highest BCUT2D eigenvalue weighted by Gasteiger charge is 2.21. The van der Waals surface area contributed by atoms with Gasteiger partial charge in [-0.15, -0.1) is 0 Å². The average Bonchev–Trinajstić information content (AvgIpc) is 3.06. The minimum Gasteiger partial charge on any atom is -0.370 e. The summed E-state index contributed by atoms with van der Waals surface area (Å²) in [5.74, 6) is 0.574. The molecule has 0 aliphatic heterocycles. The van der Waals surface area contributed by atoms with E-state index >= 15 is 0 Å². The highest BCUT2D eigenvalue weighted by Crippen LogP contribution is 2.23. The minimum absolute atomic E-state index is 0.139. The molecule has 3 rings (SSSR count). The van der Waals surface area contributed by atoms with Gasteiger partial charge in [0.2, 0.25) is 5.91 Å². The fourth-order valence-electron chi connectivity index (χ4n) is 2.59. The first-order valence-corrected chi connectivity index (χ1v) is 8.44. The van der Waals surface area contributed by atoms with Gasteiger partial charge in [-0.25, -0.2) is 0 Å². The molecule has 0 aliphatic rings. The number of carbonyl (C=O) groups is 2. The number of hydrogen-bond acceptors (Lipinski definition) is 5. The SMILES string of the molecule is CC(=O)Nc1ccc(NC(C(=O)Nc2cc(C)on2)c2ccccc2)cc1. The van der Waals surface area contributed by atoms with Crippen molar-refractivity contribution in [2.45, 2.75) is 19.9 Å². The topological polar surface area (TPSA) is 96.3 Å². The van der Waals surface area contributed by atoms with E-state index in [0.29, 0.717) is 17.3 Å². The Kier molecular flexibility index (Phi) is 5.51. The van der Waals surface area contributed by atoms with Crippen molar-refractivity contribution < 1.29 is 14.1 Å². The van der Waals surface area contributed by atoms with Crippen LogP contribution in [0.15, 0.2) is 65.2 Å². The highest BCUT2D eigenvalue weighted by molar-refractivity contribution is 5.96. The molecule has 7 heteroatoms. The number of amides is 2. The summed E-state index contributed by atoms with van der Waals surface area (Å²) in [6.07, 6.45) is 0. The molecule has 0 saturated heterocycles. The molecule has 2 aromatic carbocycles. The van der Waals surface area contributed by atoms with E-state index in [1.165, 1.54) is 6.92 Å². The molecular weight excluding hydrogens is 344 g/mol. The van der Waals surface area contributed by atoms with Gasteiger partial charge in [0.05, 0.1) is 0 Å². The van der Waals surface area contributed by atoms with E-state index in [-0.39, 0.29) is 11.8 Å². The van der Waals surface area contributed by atoms with E-state index in [4.69, 9.17) is 4.52 Å². The molecule has 7 nitrogen and oxygen atoms in total. The number of carbonyl (C=O) groups excluding carboxylic acids is 2. The Labute approximate surface area is 156 Å². The van der Waals surface area contributed by atoms with Gasteiger partial charge < -0.3 is 20.5 Å². The molecule has 138 valence electrons. The third-order valence-electron chi connectivity index (χ3n) is 3.79. The Bertz CT molecular complexity index is 920. The maximum absolute atomic E-state index is 12.8.